The van der Waals surface area contributed by atoms with Gasteiger partial charge in [0.1, 0.15) is 5.82 Å². The van der Waals surface area contributed by atoms with Crippen molar-refractivity contribution >= 4 is 12.1 Å². The number of oxime groups is 1. The number of halogens is 1. The summed E-state index contributed by atoms with van der Waals surface area (Å²) in [6, 6.07) is 11.3. The van der Waals surface area contributed by atoms with Crippen molar-refractivity contribution in [1.82, 2.24) is 4.90 Å². The summed E-state index contributed by atoms with van der Waals surface area (Å²) in [4.78, 5) is 18.6. The van der Waals surface area contributed by atoms with E-state index in [1.807, 2.05) is 13.0 Å². The normalized spacial score (nSPS) is 10.7. The first kappa shape index (κ1) is 20.2. The first-order chi connectivity index (χ1) is 13.0. The fourth-order valence-electron chi connectivity index (χ4n) is 2.29. The van der Waals surface area contributed by atoms with E-state index in [1.54, 1.807) is 38.4 Å². The van der Waals surface area contributed by atoms with Crippen molar-refractivity contribution in [2.75, 3.05) is 27.4 Å². The minimum atomic E-state index is -0.309. The Hall–Kier alpha value is -3.09. The van der Waals surface area contributed by atoms with Gasteiger partial charge in [-0.2, -0.15) is 0 Å². The van der Waals surface area contributed by atoms with Crippen LogP contribution in [0.15, 0.2) is 47.6 Å². The molecule has 1 amide bonds. The predicted molar refractivity (Wildman–Crippen MR) is 101 cm³/mol. The lowest BCUT2D eigenvalue weighted by Crippen LogP contribution is -2.29. The van der Waals surface area contributed by atoms with Crippen molar-refractivity contribution in [1.29, 1.82) is 0 Å². The second-order valence-corrected chi connectivity index (χ2v) is 5.73. The van der Waals surface area contributed by atoms with Crippen LogP contribution in [0.1, 0.15) is 18.1 Å². The maximum atomic E-state index is 12.9. The minimum Gasteiger partial charge on any atom is -0.493 e. The maximum absolute atomic E-state index is 12.9. The maximum Gasteiger partial charge on any atom is 0.263 e. The highest BCUT2D eigenvalue weighted by molar-refractivity contribution is 5.81. The summed E-state index contributed by atoms with van der Waals surface area (Å²) in [5.74, 6) is 0.698. The third kappa shape index (κ3) is 6.29. The smallest absolute Gasteiger partial charge is 0.263 e. The quantitative estimate of drug-likeness (QED) is 0.499. The molecule has 0 saturated carbocycles. The van der Waals surface area contributed by atoms with Gasteiger partial charge in [0.15, 0.2) is 18.1 Å². The molecule has 0 spiro atoms. The Balaban J connectivity index is 1.83. The zero-order chi connectivity index (χ0) is 19.6. The number of methoxy groups -OCH3 is 1. The second-order valence-electron chi connectivity index (χ2n) is 5.73. The topological polar surface area (TPSA) is 60.4 Å². The zero-order valence-corrected chi connectivity index (χ0v) is 15.6. The molecule has 0 aliphatic heterocycles. The van der Waals surface area contributed by atoms with E-state index in [9.17, 15) is 9.18 Å². The molecule has 27 heavy (non-hydrogen) atoms. The van der Waals surface area contributed by atoms with Crippen LogP contribution >= 0.6 is 0 Å². The number of hydrogen-bond acceptors (Lipinski definition) is 5. The van der Waals surface area contributed by atoms with E-state index in [1.165, 1.54) is 23.2 Å². The predicted octanol–water partition coefficient (Wildman–Crippen LogP) is 3.24. The van der Waals surface area contributed by atoms with Crippen LogP contribution in [0, 0.1) is 5.82 Å². The summed E-state index contributed by atoms with van der Waals surface area (Å²) >= 11 is 0. The van der Waals surface area contributed by atoms with Gasteiger partial charge < -0.3 is 19.2 Å². The number of benzene rings is 2. The van der Waals surface area contributed by atoms with E-state index < -0.39 is 0 Å². The van der Waals surface area contributed by atoms with Crippen molar-refractivity contribution in [3.63, 3.8) is 0 Å². The minimum absolute atomic E-state index is 0.192. The van der Waals surface area contributed by atoms with Gasteiger partial charge in [0, 0.05) is 19.2 Å². The summed E-state index contributed by atoms with van der Waals surface area (Å²) in [5, 5.41) is 3.82. The number of nitrogens with zero attached hydrogens (tertiary/aromatic N) is 2. The third-order valence-corrected chi connectivity index (χ3v) is 3.71. The van der Waals surface area contributed by atoms with Gasteiger partial charge >= 0.3 is 0 Å². The molecule has 0 radical (unpaired) electrons. The average molecular weight is 374 g/mol. The second kappa shape index (κ2) is 10.2. The molecular weight excluding hydrogens is 351 g/mol. The first-order valence-electron chi connectivity index (χ1n) is 8.48. The van der Waals surface area contributed by atoms with Gasteiger partial charge in [0.2, 0.25) is 0 Å². The van der Waals surface area contributed by atoms with E-state index >= 15 is 0 Å². The standard InChI is InChI=1S/C20H23FN2O4/c1-4-26-18-10-7-16(11-19(18)25-3)12-22-27-14-20(24)23(2)13-15-5-8-17(21)9-6-15/h5-12H,4,13-14H2,1-3H3/b22-12+. The molecule has 0 bridgehead atoms. The van der Waals surface area contributed by atoms with Gasteiger partial charge in [-0.25, -0.2) is 4.39 Å². The lowest BCUT2D eigenvalue weighted by atomic mass is 10.2. The van der Waals surface area contributed by atoms with Gasteiger partial charge in [0.05, 0.1) is 19.9 Å². The molecule has 6 nitrogen and oxygen atoms in total. The van der Waals surface area contributed by atoms with Gasteiger partial charge in [0.25, 0.3) is 5.91 Å². The van der Waals surface area contributed by atoms with E-state index in [2.05, 4.69) is 5.16 Å². The lowest BCUT2D eigenvalue weighted by molar-refractivity contribution is -0.135. The Morgan fingerprint density at radius 1 is 1.19 bits per heavy atom. The molecule has 0 heterocycles. The average Bonchev–Trinajstić information content (AvgIpc) is 2.67. The van der Waals surface area contributed by atoms with Gasteiger partial charge in [-0.05, 0) is 42.8 Å². The molecule has 0 N–H and O–H groups in total. The summed E-state index contributed by atoms with van der Waals surface area (Å²) in [6.07, 6.45) is 1.49. The van der Waals surface area contributed by atoms with E-state index in [4.69, 9.17) is 14.3 Å². The monoisotopic (exact) mass is 374 g/mol. The largest absolute Gasteiger partial charge is 0.493 e. The Morgan fingerprint density at radius 3 is 2.59 bits per heavy atom. The molecule has 0 aliphatic rings. The highest BCUT2D eigenvalue weighted by atomic mass is 19.1. The van der Waals surface area contributed by atoms with Gasteiger partial charge in [-0.3, -0.25) is 4.79 Å². The number of ether oxygens (including phenoxy) is 2. The third-order valence-electron chi connectivity index (χ3n) is 3.71. The summed E-state index contributed by atoms with van der Waals surface area (Å²) in [7, 11) is 3.21. The van der Waals surface area contributed by atoms with Crippen LogP contribution in [-0.4, -0.2) is 44.4 Å². The molecule has 0 fully saturated rings. The van der Waals surface area contributed by atoms with Crippen LogP contribution in [0.2, 0.25) is 0 Å². The Labute approximate surface area is 158 Å². The molecule has 0 unspecified atom stereocenters. The number of likely N-dealkylation sites (N-methyl/N-ethyl adjacent to an activating group) is 1. The van der Waals surface area contributed by atoms with Crippen LogP contribution in [0.4, 0.5) is 4.39 Å². The molecular formula is C20H23FN2O4. The number of amides is 1. The fourth-order valence-corrected chi connectivity index (χ4v) is 2.29. The van der Waals surface area contributed by atoms with E-state index in [-0.39, 0.29) is 18.3 Å². The molecule has 7 heteroatoms. The zero-order valence-electron chi connectivity index (χ0n) is 15.6. The number of rotatable bonds is 9. The van der Waals surface area contributed by atoms with Gasteiger partial charge in [-0.15, -0.1) is 0 Å². The van der Waals surface area contributed by atoms with E-state index in [0.717, 1.165) is 11.1 Å². The Kier molecular flexibility index (Phi) is 7.61. The lowest BCUT2D eigenvalue weighted by Gasteiger charge is -2.16. The SMILES string of the molecule is CCOc1ccc(/C=N/OCC(=O)N(C)Cc2ccc(F)cc2)cc1OC. The van der Waals surface area contributed by atoms with Crippen LogP contribution in [0.25, 0.3) is 0 Å². The number of hydrogen-bond donors (Lipinski definition) is 0. The van der Waals surface area contributed by atoms with Gasteiger partial charge in [-0.1, -0.05) is 17.3 Å². The molecule has 0 aromatic heterocycles. The summed E-state index contributed by atoms with van der Waals surface area (Å²) < 4.78 is 23.6. The number of carbonyl (C=O) groups is 1. The van der Waals surface area contributed by atoms with Crippen molar-refractivity contribution in [3.8, 4) is 11.5 Å². The van der Waals surface area contributed by atoms with Crippen LogP contribution < -0.4 is 9.47 Å². The van der Waals surface area contributed by atoms with Crippen molar-refractivity contribution in [3.05, 3.63) is 59.4 Å². The molecule has 144 valence electrons. The Bertz CT molecular complexity index is 778. The molecule has 0 saturated heterocycles. The highest BCUT2D eigenvalue weighted by Crippen LogP contribution is 2.27. The molecule has 2 aromatic carbocycles. The molecule has 0 atom stereocenters. The van der Waals surface area contributed by atoms with E-state index in [0.29, 0.717) is 24.7 Å². The summed E-state index contributed by atoms with van der Waals surface area (Å²) in [6.45, 7) is 2.61. The van der Waals surface area contributed by atoms with Crippen molar-refractivity contribution in [2.45, 2.75) is 13.5 Å². The van der Waals surface area contributed by atoms with Crippen molar-refractivity contribution < 1.29 is 23.5 Å². The Morgan fingerprint density at radius 2 is 1.93 bits per heavy atom. The van der Waals surface area contributed by atoms with Crippen LogP contribution in [0.3, 0.4) is 0 Å². The van der Waals surface area contributed by atoms with Crippen LogP contribution in [0.5, 0.6) is 11.5 Å². The number of carbonyl (C=O) groups excluding carboxylic acids is 1. The molecule has 2 rings (SSSR count). The fraction of sp³-hybridized carbons (Fsp3) is 0.300. The molecule has 0 aliphatic carbocycles. The summed E-state index contributed by atoms with van der Waals surface area (Å²) in [5.41, 5.74) is 1.58. The first-order valence-corrected chi connectivity index (χ1v) is 8.48. The highest BCUT2D eigenvalue weighted by Gasteiger charge is 2.10. The van der Waals surface area contributed by atoms with Crippen LogP contribution in [-0.2, 0) is 16.2 Å². The van der Waals surface area contributed by atoms with Crippen molar-refractivity contribution in [2.24, 2.45) is 5.16 Å². The molecule has 2 aromatic rings.